The molecule has 1 atom stereocenters. The number of methoxy groups -OCH3 is 1. The van der Waals surface area contributed by atoms with E-state index in [0.29, 0.717) is 0 Å². The molecule has 1 saturated heterocycles. The van der Waals surface area contributed by atoms with Crippen molar-refractivity contribution in [3.05, 3.63) is 23.8 Å². The molecule has 1 unspecified atom stereocenters. The van der Waals surface area contributed by atoms with Gasteiger partial charge in [0.15, 0.2) is 11.5 Å². The Balaban J connectivity index is 1.86. The molecular formula is C18H24N2O3. The lowest BCUT2D eigenvalue weighted by Gasteiger charge is -2.37. The predicted molar refractivity (Wildman–Crippen MR) is 87.8 cm³/mol. The third-order valence-electron chi connectivity index (χ3n) is 5.02. The van der Waals surface area contributed by atoms with Crippen molar-refractivity contribution in [1.82, 2.24) is 4.90 Å². The molecule has 1 aliphatic carbocycles. The van der Waals surface area contributed by atoms with Gasteiger partial charge in [-0.15, -0.1) is 0 Å². The van der Waals surface area contributed by atoms with Crippen molar-refractivity contribution in [2.24, 2.45) is 4.99 Å². The molecule has 2 aliphatic rings. The van der Waals surface area contributed by atoms with Crippen LogP contribution in [0.5, 0.6) is 11.5 Å². The maximum absolute atomic E-state index is 10.8. The molecule has 0 aromatic heterocycles. The van der Waals surface area contributed by atoms with Crippen LogP contribution in [0.2, 0.25) is 0 Å². The van der Waals surface area contributed by atoms with Crippen LogP contribution in [0, 0.1) is 0 Å². The van der Waals surface area contributed by atoms with Crippen LogP contribution in [-0.4, -0.2) is 44.3 Å². The maximum atomic E-state index is 10.8. The van der Waals surface area contributed by atoms with E-state index in [0.717, 1.165) is 62.3 Å². The fourth-order valence-corrected chi connectivity index (χ4v) is 3.52. The Bertz CT molecular complexity index is 606. The molecule has 124 valence electrons. The molecule has 23 heavy (non-hydrogen) atoms. The van der Waals surface area contributed by atoms with Gasteiger partial charge >= 0.3 is 0 Å². The van der Waals surface area contributed by atoms with Crippen LogP contribution in [0.25, 0.3) is 0 Å². The lowest BCUT2D eigenvalue weighted by Crippen LogP contribution is -2.38. The molecule has 1 saturated carbocycles. The van der Waals surface area contributed by atoms with Gasteiger partial charge in [-0.2, -0.15) is 4.99 Å². The summed E-state index contributed by atoms with van der Waals surface area (Å²) in [6.45, 7) is 2.04. The van der Waals surface area contributed by atoms with E-state index in [1.807, 2.05) is 18.2 Å². The number of hydrogen-bond donors (Lipinski definition) is 0. The van der Waals surface area contributed by atoms with E-state index in [9.17, 15) is 4.79 Å². The van der Waals surface area contributed by atoms with Gasteiger partial charge in [-0.25, -0.2) is 4.79 Å². The number of piperidine rings is 1. The summed E-state index contributed by atoms with van der Waals surface area (Å²) in [7, 11) is 3.77. The second-order valence-corrected chi connectivity index (χ2v) is 6.60. The van der Waals surface area contributed by atoms with Gasteiger partial charge in [0, 0.05) is 6.54 Å². The zero-order valence-electron chi connectivity index (χ0n) is 13.9. The molecule has 0 N–H and O–H groups in total. The van der Waals surface area contributed by atoms with Crippen molar-refractivity contribution in [3.63, 3.8) is 0 Å². The molecule has 1 aromatic rings. The minimum absolute atomic E-state index is 0.171. The highest BCUT2D eigenvalue weighted by atomic mass is 16.5. The van der Waals surface area contributed by atoms with E-state index in [-0.39, 0.29) is 6.10 Å². The Morgan fingerprint density at radius 1 is 1.30 bits per heavy atom. The zero-order valence-corrected chi connectivity index (χ0v) is 13.9. The number of hydrogen-bond acceptors (Lipinski definition) is 5. The minimum Gasteiger partial charge on any atom is -0.493 e. The summed E-state index contributed by atoms with van der Waals surface area (Å²) in [6.07, 6.45) is 6.97. The molecule has 0 spiro atoms. The summed E-state index contributed by atoms with van der Waals surface area (Å²) in [5.74, 6) is 1.48. The first kappa shape index (κ1) is 16.0. The number of rotatable bonds is 5. The van der Waals surface area contributed by atoms with E-state index in [4.69, 9.17) is 9.47 Å². The Morgan fingerprint density at radius 2 is 2.13 bits per heavy atom. The summed E-state index contributed by atoms with van der Waals surface area (Å²) in [5.41, 5.74) is 0.613. The summed E-state index contributed by atoms with van der Waals surface area (Å²) < 4.78 is 11.7. The van der Waals surface area contributed by atoms with Gasteiger partial charge in [-0.05, 0) is 63.4 Å². The van der Waals surface area contributed by atoms with E-state index < -0.39 is 5.54 Å². The van der Waals surface area contributed by atoms with Gasteiger partial charge in [0.05, 0.1) is 12.6 Å². The van der Waals surface area contributed by atoms with Crippen LogP contribution >= 0.6 is 0 Å². The highest BCUT2D eigenvalue weighted by Gasteiger charge is 2.39. The molecule has 1 heterocycles. The normalized spacial score (nSPS) is 23.5. The molecule has 0 radical (unpaired) electrons. The van der Waals surface area contributed by atoms with Crippen LogP contribution in [-0.2, 0) is 10.3 Å². The van der Waals surface area contributed by atoms with Gasteiger partial charge in [0.2, 0.25) is 6.08 Å². The first-order valence-corrected chi connectivity index (χ1v) is 8.29. The molecular weight excluding hydrogens is 292 g/mol. The van der Waals surface area contributed by atoms with Crippen LogP contribution < -0.4 is 9.47 Å². The van der Waals surface area contributed by atoms with E-state index in [1.165, 1.54) is 0 Å². The van der Waals surface area contributed by atoms with Gasteiger partial charge in [-0.1, -0.05) is 6.07 Å². The number of benzene rings is 1. The lowest BCUT2D eigenvalue weighted by atomic mass is 9.72. The third kappa shape index (κ3) is 3.26. The topological polar surface area (TPSA) is 51.1 Å². The molecule has 3 rings (SSSR count). The Labute approximate surface area is 137 Å². The quantitative estimate of drug-likeness (QED) is 0.619. The molecule has 1 aliphatic heterocycles. The molecule has 0 bridgehead atoms. The van der Waals surface area contributed by atoms with Gasteiger partial charge in [-0.3, -0.25) is 0 Å². The number of isocyanates is 1. The smallest absolute Gasteiger partial charge is 0.235 e. The number of likely N-dealkylation sites (N-methyl/N-ethyl adjacent to an activating group) is 1. The van der Waals surface area contributed by atoms with Gasteiger partial charge in [0.1, 0.15) is 6.10 Å². The van der Waals surface area contributed by atoms with Crippen LogP contribution in [0.15, 0.2) is 23.2 Å². The first-order valence-electron chi connectivity index (χ1n) is 8.29. The summed E-state index contributed by atoms with van der Waals surface area (Å²) in [6, 6.07) is 5.89. The monoisotopic (exact) mass is 316 g/mol. The Morgan fingerprint density at radius 3 is 2.74 bits per heavy atom. The van der Waals surface area contributed by atoms with E-state index in [1.54, 1.807) is 13.2 Å². The second-order valence-electron chi connectivity index (χ2n) is 6.60. The fourth-order valence-electron chi connectivity index (χ4n) is 3.52. The van der Waals surface area contributed by atoms with Crippen LogP contribution in [0.4, 0.5) is 0 Å². The molecule has 2 fully saturated rings. The molecule has 0 amide bonds. The molecule has 1 aromatic carbocycles. The highest BCUT2D eigenvalue weighted by Crippen LogP contribution is 2.46. The number of likely N-dealkylation sites (tertiary alicyclic amines) is 1. The SMILES string of the molecule is COc1ccc(C2(N=C=O)CCC2)cc1OC1CCCN(C)C1. The fraction of sp³-hybridized carbons (Fsp3) is 0.611. The van der Waals surface area contributed by atoms with Crippen molar-refractivity contribution in [1.29, 1.82) is 0 Å². The van der Waals surface area contributed by atoms with Crippen LogP contribution in [0.1, 0.15) is 37.7 Å². The third-order valence-corrected chi connectivity index (χ3v) is 5.02. The van der Waals surface area contributed by atoms with Crippen molar-refractivity contribution in [2.75, 3.05) is 27.2 Å². The van der Waals surface area contributed by atoms with Crippen molar-refractivity contribution in [3.8, 4) is 11.5 Å². The van der Waals surface area contributed by atoms with Gasteiger partial charge in [0.25, 0.3) is 0 Å². The minimum atomic E-state index is -0.407. The van der Waals surface area contributed by atoms with Crippen LogP contribution in [0.3, 0.4) is 0 Å². The average Bonchev–Trinajstić information content (AvgIpc) is 2.51. The summed E-state index contributed by atoms with van der Waals surface area (Å²) in [4.78, 5) is 17.2. The van der Waals surface area contributed by atoms with E-state index >= 15 is 0 Å². The number of ether oxygens (including phenoxy) is 2. The summed E-state index contributed by atoms with van der Waals surface area (Å²) in [5, 5.41) is 0. The van der Waals surface area contributed by atoms with E-state index in [2.05, 4.69) is 16.9 Å². The average molecular weight is 316 g/mol. The number of carbonyl (C=O) groups excluding carboxylic acids is 1. The second kappa shape index (κ2) is 6.73. The summed E-state index contributed by atoms with van der Waals surface area (Å²) >= 11 is 0. The molecule has 5 heteroatoms. The van der Waals surface area contributed by atoms with Crippen molar-refractivity contribution in [2.45, 2.75) is 43.7 Å². The Hall–Kier alpha value is -1.84. The first-order chi connectivity index (χ1) is 11.2. The van der Waals surface area contributed by atoms with Crippen molar-refractivity contribution < 1.29 is 14.3 Å². The largest absolute Gasteiger partial charge is 0.493 e. The molecule has 5 nitrogen and oxygen atoms in total. The predicted octanol–water partition coefficient (Wildman–Crippen LogP) is 2.88. The highest BCUT2D eigenvalue weighted by molar-refractivity contribution is 5.47. The number of nitrogens with zero attached hydrogens (tertiary/aromatic N) is 2. The Kier molecular flexibility index (Phi) is 4.69. The standard InChI is InChI=1S/C18H24N2O3/c1-20-10-3-5-15(12-20)23-17-11-14(6-7-16(17)22-2)18(19-13-21)8-4-9-18/h6-7,11,15H,3-5,8-10,12H2,1-2H3. The van der Waals surface area contributed by atoms with Crippen molar-refractivity contribution >= 4 is 6.08 Å². The number of aliphatic imine (C=N–C) groups is 1. The van der Waals surface area contributed by atoms with Gasteiger partial charge < -0.3 is 14.4 Å². The zero-order chi connectivity index (χ0) is 16.3. The lowest BCUT2D eigenvalue weighted by molar-refractivity contribution is 0.101. The maximum Gasteiger partial charge on any atom is 0.235 e.